The van der Waals surface area contributed by atoms with Crippen LogP contribution in [0.25, 0.3) is 21.5 Å². The molecule has 0 saturated carbocycles. The van der Waals surface area contributed by atoms with Crippen LogP contribution in [0.1, 0.15) is 0 Å². The van der Waals surface area contributed by atoms with Crippen LogP contribution in [-0.2, 0) is 0 Å². The molecule has 2 heterocycles. The summed E-state index contributed by atoms with van der Waals surface area (Å²) in [4.78, 5) is 12.5. The minimum Gasteiger partial charge on any atom is -0.345 e. The van der Waals surface area contributed by atoms with Crippen molar-refractivity contribution in [1.29, 1.82) is 0 Å². The van der Waals surface area contributed by atoms with Crippen molar-refractivity contribution in [3.8, 4) is 10.4 Å². The van der Waals surface area contributed by atoms with Crippen molar-refractivity contribution in [2.75, 3.05) is 0 Å². The van der Waals surface area contributed by atoms with Gasteiger partial charge in [0, 0.05) is 6.20 Å². The lowest BCUT2D eigenvalue weighted by Gasteiger charge is -1.95. The van der Waals surface area contributed by atoms with Gasteiger partial charge in [0.25, 0.3) is 0 Å². The zero-order valence-electron chi connectivity index (χ0n) is 7.27. The molecule has 1 N–H and O–H groups in total. The Hall–Kier alpha value is -1.68. The maximum atomic E-state index is 4.17. The summed E-state index contributed by atoms with van der Waals surface area (Å²) in [6.45, 7) is 0. The number of thiazole rings is 1. The van der Waals surface area contributed by atoms with E-state index in [9.17, 15) is 0 Å². The van der Waals surface area contributed by atoms with Gasteiger partial charge in [-0.15, -0.1) is 11.3 Å². The van der Waals surface area contributed by atoms with Crippen molar-refractivity contribution < 1.29 is 0 Å². The molecule has 0 saturated heterocycles. The molecule has 0 atom stereocenters. The zero-order valence-corrected chi connectivity index (χ0v) is 8.08. The number of hydrogen-bond donors (Lipinski definition) is 1. The third-order valence-corrected chi connectivity index (χ3v) is 2.96. The number of fused-ring (bicyclic) bond motifs is 1. The molecule has 68 valence electrons. The average Bonchev–Trinajstić information content (AvgIpc) is 2.88. The number of benzene rings is 1. The number of aromatic nitrogens is 3. The van der Waals surface area contributed by atoms with E-state index >= 15 is 0 Å². The molecule has 0 radical (unpaired) electrons. The Morgan fingerprint density at radius 1 is 1.29 bits per heavy atom. The molecule has 14 heavy (non-hydrogen) atoms. The lowest BCUT2D eigenvalue weighted by atomic mass is 10.2. The summed E-state index contributed by atoms with van der Waals surface area (Å²) in [5, 5.41) is 0. The van der Waals surface area contributed by atoms with Crippen LogP contribution < -0.4 is 0 Å². The first-order valence-corrected chi connectivity index (χ1v) is 5.13. The van der Waals surface area contributed by atoms with Crippen molar-refractivity contribution in [1.82, 2.24) is 15.0 Å². The summed E-state index contributed by atoms with van der Waals surface area (Å²) < 4.78 is 0. The third-order valence-electron chi connectivity index (χ3n) is 2.14. The predicted molar refractivity (Wildman–Crippen MR) is 57.2 cm³/mol. The highest BCUT2D eigenvalue weighted by Gasteiger charge is 2.01. The molecule has 3 nitrogen and oxygen atoms in total. The molecule has 0 bridgehead atoms. The van der Waals surface area contributed by atoms with Gasteiger partial charge < -0.3 is 4.98 Å². The second kappa shape index (κ2) is 2.92. The predicted octanol–water partition coefficient (Wildman–Crippen LogP) is 2.69. The van der Waals surface area contributed by atoms with E-state index in [2.05, 4.69) is 27.1 Å². The number of imidazole rings is 1. The highest BCUT2D eigenvalue weighted by Crippen LogP contribution is 2.25. The molecule has 2 aromatic heterocycles. The second-order valence-corrected chi connectivity index (χ2v) is 3.89. The summed E-state index contributed by atoms with van der Waals surface area (Å²) in [6.07, 6.45) is 3.59. The van der Waals surface area contributed by atoms with Gasteiger partial charge in [-0.25, -0.2) is 4.98 Å². The molecule has 0 spiro atoms. The zero-order chi connectivity index (χ0) is 9.38. The molecular formula is C10H7N3S. The molecule has 0 unspecified atom stereocenters. The van der Waals surface area contributed by atoms with Crippen LogP contribution in [-0.4, -0.2) is 15.0 Å². The Kier molecular flexibility index (Phi) is 1.61. The van der Waals surface area contributed by atoms with Crippen molar-refractivity contribution >= 4 is 22.4 Å². The van der Waals surface area contributed by atoms with Crippen molar-refractivity contribution in [2.45, 2.75) is 0 Å². The smallest absolute Gasteiger partial charge is 0.0931 e. The van der Waals surface area contributed by atoms with Gasteiger partial charge in [0.2, 0.25) is 0 Å². The lowest BCUT2D eigenvalue weighted by Crippen LogP contribution is -1.73. The molecule has 0 aliphatic rings. The highest BCUT2D eigenvalue weighted by atomic mass is 32.1. The number of hydrogen-bond acceptors (Lipinski definition) is 3. The van der Waals surface area contributed by atoms with Crippen LogP contribution in [0, 0.1) is 0 Å². The van der Waals surface area contributed by atoms with Crippen LogP contribution in [0.5, 0.6) is 0 Å². The SMILES string of the molecule is c1nc2ccc(-c3cncs3)cc2[nH]1. The maximum absolute atomic E-state index is 4.17. The molecular weight excluding hydrogens is 194 g/mol. The van der Waals surface area contributed by atoms with E-state index in [1.54, 1.807) is 17.7 Å². The molecule has 1 aromatic carbocycles. The Morgan fingerprint density at radius 3 is 3.14 bits per heavy atom. The number of rotatable bonds is 1. The van der Waals surface area contributed by atoms with E-state index in [0.29, 0.717) is 0 Å². The minimum atomic E-state index is 0.998. The van der Waals surface area contributed by atoms with E-state index in [-0.39, 0.29) is 0 Å². The standard InChI is InChI=1S/C10H7N3S/c1-2-8-9(13-5-12-8)3-7(1)10-4-11-6-14-10/h1-6H,(H,12,13). The molecule has 3 rings (SSSR count). The van der Waals surface area contributed by atoms with Crippen molar-refractivity contribution in [2.24, 2.45) is 0 Å². The first kappa shape index (κ1) is 7.70. The van der Waals surface area contributed by atoms with E-state index in [1.165, 1.54) is 10.4 Å². The number of aromatic amines is 1. The quantitative estimate of drug-likeness (QED) is 0.657. The molecule has 0 amide bonds. The van der Waals surface area contributed by atoms with Gasteiger partial charge in [-0.3, -0.25) is 4.98 Å². The van der Waals surface area contributed by atoms with Crippen LogP contribution >= 0.6 is 11.3 Å². The Bertz CT molecular complexity index is 554. The van der Waals surface area contributed by atoms with Crippen LogP contribution in [0.2, 0.25) is 0 Å². The van der Waals surface area contributed by atoms with Crippen molar-refractivity contribution in [3.63, 3.8) is 0 Å². The van der Waals surface area contributed by atoms with Gasteiger partial charge in [-0.2, -0.15) is 0 Å². The Morgan fingerprint density at radius 2 is 2.29 bits per heavy atom. The van der Waals surface area contributed by atoms with E-state index < -0.39 is 0 Å². The maximum Gasteiger partial charge on any atom is 0.0931 e. The van der Waals surface area contributed by atoms with Gasteiger partial charge >= 0.3 is 0 Å². The second-order valence-electron chi connectivity index (χ2n) is 3.00. The average molecular weight is 201 g/mol. The summed E-state index contributed by atoms with van der Waals surface area (Å²) >= 11 is 1.64. The van der Waals surface area contributed by atoms with Gasteiger partial charge in [0.15, 0.2) is 0 Å². The monoisotopic (exact) mass is 201 g/mol. The van der Waals surface area contributed by atoms with E-state index in [0.717, 1.165) is 11.0 Å². The largest absolute Gasteiger partial charge is 0.345 e. The van der Waals surface area contributed by atoms with Gasteiger partial charge in [-0.05, 0) is 17.7 Å². The fourth-order valence-corrected chi connectivity index (χ4v) is 2.07. The molecule has 0 fully saturated rings. The molecule has 0 aliphatic carbocycles. The summed E-state index contributed by atoms with van der Waals surface area (Å²) in [7, 11) is 0. The first-order valence-electron chi connectivity index (χ1n) is 4.25. The van der Waals surface area contributed by atoms with E-state index in [1.807, 2.05) is 17.8 Å². The molecule has 0 aliphatic heterocycles. The summed E-state index contributed by atoms with van der Waals surface area (Å²) in [5.74, 6) is 0. The number of H-pyrrole nitrogens is 1. The molecule has 4 heteroatoms. The summed E-state index contributed by atoms with van der Waals surface area (Å²) in [6, 6.07) is 6.17. The minimum absolute atomic E-state index is 0.998. The van der Waals surface area contributed by atoms with Crippen LogP contribution in [0.4, 0.5) is 0 Å². The Balaban J connectivity index is 2.23. The van der Waals surface area contributed by atoms with E-state index in [4.69, 9.17) is 0 Å². The number of nitrogens with one attached hydrogen (secondary N) is 1. The number of nitrogens with zero attached hydrogens (tertiary/aromatic N) is 2. The first-order chi connectivity index (χ1) is 6.93. The van der Waals surface area contributed by atoms with Crippen molar-refractivity contribution in [3.05, 3.63) is 36.2 Å². The fourth-order valence-electron chi connectivity index (χ4n) is 1.45. The molecule has 3 aromatic rings. The normalized spacial score (nSPS) is 10.9. The lowest BCUT2D eigenvalue weighted by molar-refractivity contribution is 1.34. The van der Waals surface area contributed by atoms with Crippen LogP contribution in [0.15, 0.2) is 36.2 Å². The van der Waals surface area contributed by atoms with Crippen LogP contribution in [0.3, 0.4) is 0 Å². The van der Waals surface area contributed by atoms with Gasteiger partial charge in [-0.1, -0.05) is 6.07 Å². The third kappa shape index (κ3) is 1.12. The fraction of sp³-hybridized carbons (Fsp3) is 0. The highest BCUT2D eigenvalue weighted by molar-refractivity contribution is 7.13. The topological polar surface area (TPSA) is 41.6 Å². The summed E-state index contributed by atoms with van der Waals surface area (Å²) in [5.41, 5.74) is 5.09. The van der Waals surface area contributed by atoms with Gasteiger partial charge in [0.05, 0.1) is 27.7 Å². The van der Waals surface area contributed by atoms with Gasteiger partial charge in [0.1, 0.15) is 0 Å². The Labute approximate surface area is 84.5 Å².